The maximum atomic E-state index is 13.0. The molecule has 0 radical (unpaired) electrons. The Labute approximate surface area is 194 Å². The number of fused-ring (bicyclic) bond motifs is 1. The topological polar surface area (TPSA) is 114 Å². The van der Waals surface area contributed by atoms with E-state index in [9.17, 15) is 12.8 Å². The van der Waals surface area contributed by atoms with Crippen LogP contribution in [0.25, 0.3) is 28.5 Å². The molecular weight excluding hydrogens is 459 g/mol. The van der Waals surface area contributed by atoms with Crippen LogP contribution in [0.4, 0.5) is 10.3 Å². The van der Waals surface area contributed by atoms with E-state index in [2.05, 4.69) is 25.0 Å². The molecule has 0 aliphatic heterocycles. The highest BCUT2D eigenvalue weighted by Crippen LogP contribution is 2.32. The van der Waals surface area contributed by atoms with Crippen LogP contribution in [0, 0.1) is 5.82 Å². The van der Waals surface area contributed by atoms with Gasteiger partial charge in [-0.05, 0) is 30.3 Å². The molecule has 5 rings (SSSR count). The van der Waals surface area contributed by atoms with Gasteiger partial charge in [-0.3, -0.25) is 4.40 Å². The Morgan fingerprint density at radius 2 is 1.76 bits per heavy atom. The largest absolute Gasteiger partial charge is 0.432 e. The number of hydrogen-bond acceptors (Lipinski definition) is 7. The summed E-state index contributed by atoms with van der Waals surface area (Å²) in [6.45, 7) is 0.324. The molecule has 172 valence electrons. The molecule has 5 aromatic rings. The molecule has 11 heteroatoms. The van der Waals surface area contributed by atoms with E-state index in [1.165, 1.54) is 12.1 Å². The molecule has 0 amide bonds. The van der Waals surface area contributed by atoms with Crippen LogP contribution in [-0.4, -0.2) is 40.9 Å². The van der Waals surface area contributed by atoms with Crippen molar-refractivity contribution in [2.24, 2.45) is 0 Å². The molecule has 0 aliphatic rings. The Morgan fingerprint density at radius 1 is 0.971 bits per heavy atom. The Hall–Kier alpha value is -4.09. The number of halogens is 1. The van der Waals surface area contributed by atoms with Crippen LogP contribution in [0.2, 0.25) is 0 Å². The van der Waals surface area contributed by atoms with Crippen molar-refractivity contribution in [1.29, 1.82) is 0 Å². The third kappa shape index (κ3) is 4.38. The normalized spacial score (nSPS) is 11.7. The lowest BCUT2D eigenvalue weighted by atomic mass is 10.1. The van der Waals surface area contributed by atoms with Gasteiger partial charge in [0.2, 0.25) is 16.0 Å². The fourth-order valence-electron chi connectivity index (χ4n) is 3.46. The Bertz CT molecular complexity index is 1530. The second-order valence-corrected chi connectivity index (χ2v) is 9.04. The zero-order chi connectivity index (χ0) is 23.5. The minimum atomic E-state index is -3.75. The van der Waals surface area contributed by atoms with Gasteiger partial charge in [0.05, 0.1) is 10.6 Å². The zero-order valence-electron chi connectivity index (χ0n) is 17.7. The first-order valence-electron chi connectivity index (χ1n) is 10.3. The van der Waals surface area contributed by atoms with Crippen molar-refractivity contribution in [3.8, 4) is 22.6 Å². The molecule has 2 aromatic carbocycles. The number of anilines is 1. The highest BCUT2D eigenvalue weighted by Gasteiger charge is 2.19. The van der Waals surface area contributed by atoms with Crippen LogP contribution in [0.5, 0.6) is 0 Å². The quantitative estimate of drug-likeness (QED) is 0.328. The molecule has 0 unspecified atom stereocenters. The van der Waals surface area contributed by atoms with Gasteiger partial charge in [-0.25, -0.2) is 27.5 Å². The number of nitrogens with zero attached hydrogens (tertiary/aromatic N) is 4. The van der Waals surface area contributed by atoms with Crippen LogP contribution < -0.4 is 10.0 Å². The molecule has 3 heterocycles. The summed E-state index contributed by atoms with van der Waals surface area (Å²) in [7, 11) is -3.75. The number of benzene rings is 2. The summed E-state index contributed by atoms with van der Waals surface area (Å²) in [5.74, 6) is 0.270. The van der Waals surface area contributed by atoms with E-state index in [4.69, 9.17) is 4.42 Å². The first-order valence-corrected chi connectivity index (χ1v) is 11.8. The van der Waals surface area contributed by atoms with Gasteiger partial charge >= 0.3 is 5.84 Å². The first kappa shape index (κ1) is 21.7. The van der Waals surface area contributed by atoms with Gasteiger partial charge in [-0.2, -0.15) is 4.98 Å². The van der Waals surface area contributed by atoms with Crippen molar-refractivity contribution >= 4 is 21.8 Å². The molecule has 0 aliphatic carbocycles. The average Bonchev–Trinajstić information content (AvgIpc) is 3.44. The van der Waals surface area contributed by atoms with Gasteiger partial charge in [0, 0.05) is 31.0 Å². The van der Waals surface area contributed by atoms with Crippen molar-refractivity contribution in [2.75, 3.05) is 18.4 Å². The van der Waals surface area contributed by atoms with Gasteiger partial charge in [-0.1, -0.05) is 30.3 Å². The summed E-state index contributed by atoms with van der Waals surface area (Å²) >= 11 is 0. The van der Waals surface area contributed by atoms with E-state index in [1.54, 1.807) is 24.7 Å². The SMILES string of the molecule is O=S(=O)(NCCNc1nccc(-c2c(-c3ccccc3)nc3occn23)n1)c1ccc(F)cc1. The minimum Gasteiger partial charge on any atom is -0.432 e. The highest BCUT2D eigenvalue weighted by molar-refractivity contribution is 7.89. The van der Waals surface area contributed by atoms with E-state index in [0.29, 0.717) is 17.5 Å². The van der Waals surface area contributed by atoms with Crippen molar-refractivity contribution in [3.63, 3.8) is 0 Å². The van der Waals surface area contributed by atoms with Crippen LogP contribution in [0.3, 0.4) is 0 Å². The maximum Gasteiger partial charge on any atom is 0.306 e. The number of nitrogens with one attached hydrogen (secondary N) is 2. The molecular formula is C23H19FN6O3S. The molecule has 0 atom stereocenters. The number of oxazole rings is 1. The van der Waals surface area contributed by atoms with Gasteiger partial charge in [-0.15, -0.1) is 0 Å². The van der Waals surface area contributed by atoms with E-state index in [0.717, 1.165) is 29.1 Å². The van der Waals surface area contributed by atoms with Crippen molar-refractivity contribution in [1.82, 2.24) is 24.1 Å². The molecule has 0 spiro atoms. The van der Waals surface area contributed by atoms with E-state index < -0.39 is 15.8 Å². The molecule has 3 aromatic heterocycles. The summed E-state index contributed by atoms with van der Waals surface area (Å²) < 4.78 is 47.4. The lowest BCUT2D eigenvalue weighted by Gasteiger charge is -2.09. The van der Waals surface area contributed by atoms with Gasteiger partial charge in [0.1, 0.15) is 23.5 Å². The summed E-state index contributed by atoms with van der Waals surface area (Å²) in [6, 6.07) is 16.1. The van der Waals surface area contributed by atoms with Gasteiger partial charge < -0.3 is 9.73 Å². The van der Waals surface area contributed by atoms with Crippen LogP contribution in [-0.2, 0) is 10.0 Å². The van der Waals surface area contributed by atoms with Crippen molar-refractivity contribution in [3.05, 3.63) is 85.1 Å². The number of sulfonamides is 1. The molecule has 0 bridgehead atoms. The predicted molar refractivity (Wildman–Crippen MR) is 124 cm³/mol. The summed E-state index contributed by atoms with van der Waals surface area (Å²) in [6.07, 6.45) is 4.93. The number of rotatable bonds is 8. The van der Waals surface area contributed by atoms with E-state index in [1.807, 2.05) is 34.7 Å². The van der Waals surface area contributed by atoms with Crippen LogP contribution >= 0.6 is 0 Å². The van der Waals surface area contributed by atoms with Crippen molar-refractivity contribution < 1.29 is 17.2 Å². The monoisotopic (exact) mass is 478 g/mol. The van der Waals surface area contributed by atoms with E-state index in [-0.39, 0.29) is 18.0 Å². The van der Waals surface area contributed by atoms with E-state index >= 15 is 0 Å². The third-order valence-electron chi connectivity index (χ3n) is 5.03. The minimum absolute atomic E-state index is 0.00884. The number of hydrogen-bond donors (Lipinski definition) is 2. The molecule has 0 saturated heterocycles. The third-order valence-corrected chi connectivity index (χ3v) is 6.51. The van der Waals surface area contributed by atoms with Crippen LogP contribution in [0.15, 0.2) is 88.6 Å². The number of imidazole rings is 1. The Morgan fingerprint density at radius 3 is 2.56 bits per heavy atom. The van der Waals surface area contributed by atoms with Crippen molar-refractivity contribution in [2.45, 2.75) is 4.90 Å². The fraction of sp³-hybridized carbons (Fsp3) is 0.0870. The molecule has 2 N–H and O–H groups in total. The number of aromatic nitrogens is 4. The van der Waals surface area contributed by atoms with Gasteiger partial charge in [0.15, 0.2) is 0 Å². The maximum absolute atomic E-state index is 13.0. The lowest BCUT2D eigenvalue weighted by Crippen LogP contribution is -2.29. The highest BCUT2D eigenvalue weighted by atomic mass is 32.2. The predicted octanol–water partition coefficient (Wildman–Crippen LogP) is 3.58. The average molecular weight is 479 g/mol. The van der Waals surface area contributed by atoms with Gasteiger partial charge in [0.25, 0.3) is 0 Å². The smallest absolute Gasteiger partial charge is 0.306 e. The molecule has 0 fully saturated rings. The second-order valence-electron chi connectivity index (χ2n) is 7.27. The Balaban J connectivity index is 1.33. The second kappa shape index (κ2) is 9.04. The lowest BCUT2D eigenvalue weighted by molar-refractivity contribution is 0.582. The summed E-state index contributed by atoms with van der Waals surface area (Å²) in [5.41, 5.74) is 3.01. The standard InChI is InChI=1S/C23H19FN6O3S/c24-17-6-8-18(9-7-17)34(31,32)27-13-12-26-22-25-11-10-19(28-22)21-20(16-4-2-1-3-5-16)29-23-30(21)14-15-33-23/h1-11,14-15,27H,12-13H2,(H,25,26,28). The molecule has 0 saturated carbocycles. The molecule has 34 heavy (non-hydrogen) atoms. The molecule has 9 nitrogen and oxygen atoms in total. The fourth-order valence-corrected chi connectivity index (χ4v) is 4.49. The van der Waals surface area contributed by atoms with Crippen LogP contribution in [0.1, 0.15) is 0 Å². The zero-order valence-corrected chi connectivity index (χ0v) is 18.5. The Kier molecular flexibility index (Phi) is 5.78. The summed E-state index contributed by atoms with van der Waals surface area (Å²) in [4.78, 5) is 13.4. The summed E-state index contributed by atoms with van der Waals surface area (Å²) in [5, 5.41) is 3.02. The first-order chi connectivity index (χ1) is 16.5.